The molecule has 2 atom stereocenters. The van der Waals surface area contributed by atoms with E-state index in [1.807, 2.05) is 0 Å². The number of hydrogen-bond acceptors (Lipinski definition) is 2. The first kappa shape index (κ1) is 14.7. The highest BCUT2D eigenvalue weighted by Gasteiger charge is 2.16. The van der Waals surface area contributed by atoms with E-state index >= 15 is 0 Å². The maximum atomic E-state index is 5.91. The molecule has 1 rings (SSSR count). The van der Waals surface area contributed by atoms with E-state index in [0.29, 0.717) is 18.5 Å². The van der Waals surface area contributed by atoms with E-state index in [1.165, 1.54) is 12.0 Å². The largest absolute Gasteiger partial charge is 0.329 e. The Balaban J connectivity index is 2.73. The van der Waals surface area contributed by atoms with Gasteiger partial charge in [0.1, 0.15) is 0 Å². The Hall–Kier alpha value is -0.380. The average Bonchev–Trinajstić information content (AvgIpc) is 2.32. The number of likely N-dealkylation sites (N-methyl/N-ethyl adjacent to an activating group) is 1. The van der Waals surface area contributed by atoms with Crippen LogP contribution in [0, 0.1) is 5.92 Å². The quantitative estimate of drug-likeness (QED) is 0.872. The van der Waals surface area contributed by atoms with E-state index in [0.717, 1.165) is 11.0 Å². The van der Waals surface area contributed by atoms with Crippen LogP contribution in [0.5, 0.6) is 0 Å². The Kier molecular flexibility index (Phi) is 6.17. The second kappa shape index (κ2) is 7.14. The van der Waals surface area contributed by atoms with Crippen molar-refractivity contribution < 1.29 is 0 Å². The van der Waals surface area contributed by atoms with E-state index in [2.05, 4.69) is 66.0 Å². The number of nitrogens with zero attached hydrogens (tertiary/aromatic N) is 1. The monoisotopic (exact) mass is 298 g/mol. The Morgan fingerprint density at radius 2 is 1.88 bits per heavy atom. The standard InChI is InChI=1S/C14H23BrN2/c1-4-11(2)10-17(3)14(9-16)12-5-7-13(15)8-6-12/h5-8,11,14H,4,9-10,16H2,1-3H3. The predicted octanol–water partition coefficient (Wildman–Crippen LogP) is 3.43. The maximum Gasteiger partial charge on any atom is 0.0467 e. The summed E-state index contributed by atoms with van der Waals surface area (Å²) in [5, 5.41) is 0. The molecule has 0 aromatic heterocycles. The van der Waals surface area contributed by atoms with Crippen molar-refractivity contribution in [1.29, 1.82) is 0 Å². The topological polar surface area (TPSA) is 29.3 Å². The summed E-state index contributed by atoms with van der Waals surface area (Å²) < 4.78 is 1.11. The third-order valence-electron chi connectivity index (χ3n) is 3.31. The Bertz CT molecular complexity index is 323. The molecule has 96 valence electrons. The van der Waals surface area contributed by atoms with Crippen LogP contribution in [0.4, 0.5) is 0 Å². The van der Waals surface area contributed by atoms with Gasteiger partial charge in [-0.2, -0.15) is 0 Å². The minimum Gasteiger partial charge on any atom is -0.329 e. The fourth-order valence-corrected chi connectivity index (χ4v) is 2.27. The normalized spacial score (nSPS) is 14.9. The summed E-state index contributed by atoms with van der Waals surface area (Å²) in [6, 6.07) is 8.77. The zero-order chi connectivity index (χ0) is 12.8. The number of rotatable bonds is 6. The Morgan fingerprint density at radius 3 is 2.35 bits per heavy atom. The minimum atomic E-state index is 0.317. The lowest BCUT2D eigenvalue weighted by atomic mass is 10.0. The van der Waals surface area contributed by atoms with Crippen LogP contribution in [-0.2, 0) is 0 Å². The molecule has 0 saturated heterocycles. The molecule has 0 aliphatic carbocycles. The van der Waals surface area contributed by atoms with E-state index in [9.17, 15) is 0 Å². The van der Waals surface area contributed by atoms with Crippen molar-refractivity contribution in [2.75, 3.05) is 20.1 Å². The van der Waals surface area contributed by atoms with Gasteiger partial charge in [-0.05, 0) is 30.7 Å². The summed E-state index contributed by atoms with van der Waals surface area (Å²) in [6.45, 7) is 6.27. The third-order valence-corrected chi connectivity index (χ3v) is 3.84. The number of hydrogen-bond donors (Lipinski definition) is 1. The van der Waals surface area contributed by atoms with Gasteiger partial charge in [-0.3, -0.25) is 4.90 Å². The molecular formula is C14H23BrN2. The second-order valence-corrected chi connectivity index (χ2v) is 5.67. The van der Waals surface area contributed by atoms with Gasteiger partial charge >= 0.3 is 0 Å². The Morgan fingerprint density at radius 1 is 1.29 bits per heavy atom. The molecule has 0 amide bonds. The van der Waals surface area contributed by atoms with Gasteiger partial charge in [-0.25, -0.2) is 0 Å². The van der Waals surface area contributed by atoms with E-state index in [-0.39, 0.29) is 0 Å². The van der Waals surface area contributed by atoms with Crippen LogP contribution >= 0.6 is 15.9 Å². The van der Waals surface area contributed by atoms with Gasteiger partial charge in [-0.15, -0.1) is 0 Å². The van der Waals surface area contributed by atoms with Crippen LogP contribution in [0.2, 0.25) is 0 Å². The van der Waals surface area contributed by atoms with Gasteiger partial charge in [0, 0.05) is 23.6 Å². The van der Waals surface area contributed by atoms with Gasteiger partial charge in [0.05, 0.1) is 0 Å². The molecular weight excluding hydrogens is 276 g/mol. The lowest BCUT2D eigenvalue weighted by Crippen LogP contribution is -2.33. The zero-order valence-corrected chi connectivity index (χ0v) is 12.6. The van der Waals surface area contributed by atoms with Gasteiger partial charge in [0.15, 0.2) is 0 Å². The van der Waals surface area contributed by atoms with Crippen LogP contribution in [0.3, 0.4) is 0 Å². The van der Waals surface area contributed by atoms with Gasteiger partial charge < -0.3 is 5.73 Å². The molecule has 2 N–H and O–H groups in total. The van der Waals surface area contributed by atoms with E-state index in [1.54, 1.807) is 0 Å². The fraction of sp³-hybridized carbons (Fsp3) is 0.571. The molecule has 3 heteroatoms. The van der Waals surface area contributed by atoms with Crippen LogP contribution < -0.4 is 5.73 Å². The molecule has 2 nitrogen and oxygen atoms in total. The lowest BCUT2D eigenvalue weighted by Gasteiger charge is -2.29. The van der Waals surface area contributed by atoms with Crippen LogP contribution in [0.25, 0.3) is 0 Å². The second-order valence-electron chi connectivity index (χ2n) is 4.76. The van der Waals surface area contributed by atoms with Crippen LogP contribution in [-0.4, -0.2) is 25.0 Å². The van der Waals surface area contributed by atoms with Gasteiger partial charge in [-0.1, -0.05) is 48.3 Å². The van der Waals surface area contributed by atoms with Gasteiger partial charge in [0.25, 0.3) is 0 Å². The molecule has 1 aromatic carbocycles. The number of benzene rings is 1. The molecule has 0 bridgehead atoms. The highest BCUT2D eigenvalue weighted by molar-refractivity contribution is 9.10. The highest BCUT2D eigenvalue weighted by atomic mass is 79.9. The van der Waals surface area contributed by atoms with Crippen molar-refractivity contribution >= 4 is 15.9 Å². The Labute approximate surface area is 113 Å². The molecule has 0 fully saturated rings. The third kappa shape index (κ3) is 4.41. The first-order chi connectivity index (χ1) is 8.08. The van der Waals surface area contributed by atoms with E-state index in [4.69, 9.17) is 5.73 Å². The smallest absolute Gasteiger partial charge is 0.0467 e. The molecule has 0 aliphatic rings. The summed E-state index contributed by atoms with van der Waals surface area (Å²) in [5.41, 5.74) is 7.20. The van der Waals surface area contributed by atoms with Crippen molar-refractivity contribution in [3.05, 3.63) is 34.3 Å². The van der Waals surface area contributed by atoms with Crippen molar-refractivity contribution in [3.63, 3.8) is 0 Å². The molecule has 17 heavy (non-hydrogen) atoms. The number of halogens is 1. The molecule has 1 aromatic rings. The SMILES string of the molecule is CCC(C)CN(C)C(CN)c1ccc(Br)cc1. The zero-order valence-electron chi connectivity index (χ0n) is 11.0. The molecule has 0 spiro atoms. The first-order valence-electron chi connectivity index (χ1n) is 6.24. The summed E-state index contributed by atoms with van der Waals surface area (Å²) in [6.07, 6.45) is 1.21. The van der Waals surface area contributed by atoms with Crippen molar-refractivity contribution in [1.82, 2.24) is 4.90 Å². The van der Waals surface area contributed by atoms with Crippen LogP contribution in [0.15, 0.2) is 28.7 Å². The maximum absolute atomic E-state index is 5.91. The molecule has 0 aliphatic heterocycles. The summed E-state index contributed by atoms with van der Waals surface area (Å²) >= 11 is 3.46. The molecule has 0 saturated carbocycles. The number of nitrogens with two attached hydrogens (primary N) is 1. The minimum absolute atomic E-state index is 0.317. The summed E-state index contributed by atoms with van der Waals surface area (Å²) in [4.78, 5) is 2.36. The average molecular weight is 299 g/mol. The fourth-order valence-electron chi connectivity index (χ4n) is 2.00. The van der Waals surface area contributed by atoms with E-state index < -0.39 is 0 Å². The first-order valence-corrected chi connectivity index (χ1v) is 7.03. The molecule has 0 heterocycles. The highest BCUT2D eigenvalue weighted by Crippen LogP contribution is 2.21. The van der Waals surface area contributed by atoms with Crippen LogP contribution in [0.1, 0.15) is 31.9 Å². The lowest BCUT2D eigenvalue weighted by molar-refractivity contribution is 0.215. The van der Waals surface area contributed by atoms with Crippen molar-refractivity contribution in [2.45, 2.75) is 26.3 Å². The summed E-state index contributed by atoms with van der Waals surface area (Å²) in [7, 11) is 2.16. The molecule has 2 unspecified atom stereocenters. The summed E-state index contributed by atoms with van der Waals surface area (Å²) in [5.74, 6) is 0.712. The van der Waals surface area contributed by atoms with Gasteiger partial charge in [0.2, 0.25) is 0 Å². The van der Waals surface area contributed by atoms with Crippen molar-refractivity contribution in [2.24, 2.45) is 11.7 Å². The predicted molar refractivity (Wildman–Crippen MR) is 78.0 cm³/mol. The molecule has 0 radical (unpaired) electrons. The van der Waals surface area contributed by atoms with Crippen molar-refractivity contribution in [3.8, 4) is 0 Å².